The summed E-state index contributed by atoms with van der Waals surface area (Å²) in [5.74, 6) is 0.120. The van der Waals surface area contributed by atoms with Crippen LogP contribution in [0.3, 0.4) is 0 Å². The summed E-state index contributed by atoms with van der Waals surface area (Å²) in [6.07, 6.45) is 1.28. The predicted molar refractivity (Wildman–Crippen MR) is 115 cm³/mol. The summed E-state index contributed by atoms with van der Waals surface area (Å²) in [5.41, 5.74) is 4.90. The summed E-state index contributed by atoms with van der Waals surface area (Å²) in [6.45, 7) is 8.16. The van der Waals surface area contributed by atoms with Gasteiger partial charge in [0.15, 0.2) is 5.78 Å². The minimum atomic E-state index is -3.68. The van der Waals surface area contributed by atoms with Gasteiger partial charge in [-0.3, -0.25) is 4.79 Å². The Balaban J connectivity index is 1.70. The zero-order chi connectivity index (χ0) is 21.0. The first kappa shape index (κ1) is 19.9. The predicted octanol–water partition coefficient (Wildman–Crippen LogP) is 4.42. The number of hydrogen-bond donors (Lipinski definition) is 2. The Bertz CT molecular complexity index is 1220. The van der Waals surface area contributed by atoms with Crippen LogP contribution in [0.4, 0.5) is 0 Å². The Morgan fingerprint density at radius 2 is 1.76 bits per heavy atom. The monoisotopic (exact) mass is 410 g/mol. The number of Topliss-reactive ketones (excluding diaryl/α,β-unsaturated/α-hetero) is 1. The van der Waals surface area contributed by atoms with E-state index in [9.17, 15) is 13.2 Å². The lowest BCUT2D eigenvalue weighted by Crippen LogP contribution is -2.26. The first-order valence-electron chi connectivity index (χ1n) is 9.79. The van der Waals surface area contributed by atoms with E-state index in [4.69, 9.17) is 0 Å². The lowest BCUT2D eigenvalue weighted by molar-refractivity contribution is 0.0913. The fourth-order valence-electron chi connectivity index (χ4n) is 4.15. The molecule has 1 aliphatic carbocycles. The number of H-pyrrole nitrogens is 1. The average molecular weight is 411 g/mol. The van der Waals surface area contributed by atoms with Crippen LogP contribution in [-0.4, -0.2) is 19.2 Å². The van der Waals surface area contributed by atoms with E-state index in [0.717, 1.165) is 34.2 Å². The third-order valence-electron chi connectivity index (χ3n) is 5.62. The number of carbonyl (C=O) groups excluding carboxylic acids is 1. The third-order valence-corrected chi connectivity index (χ3v) is 7.16. The molecule has 2 N–H and O–H groups in total. The second-order valence-corrected chi connectivity index (χ2v) is 10.6. The van der Waals surface area contributed by atoms with Crippen molar-refractivity contribution in [2.45, 2.75) is 52.0 Å². The molecule has 0 spiro atoms. The first-order chi connectivity index (χ1) is 13.6. The van der Waals surface area contributed by atoms with E-state index in [1.165, 1.54) is 0 Å². The second-order valence-electron chi connectivity index (χ2n) is 8.89. The molecule has 0 saturated heterocycles. The van der Waals surface area contributed by atoms with Crippen molar-refractivity contribution in [1.82, 2.24) is 9.71 Å². The van der Waals surface area contributed by atoms with Crippen LogP contribution in [0.1, 0.15) is 53.0 Å². The summed E-state index contributed by atoms with van der Waals surface area (Å²) in [4.78, 5) is 16.2. The summed E-state index contributed by atoms with van der Waals surface area (Å²) < 4.78 is 28.6. The zero-order valence-corrected chi connectivity index (χ0v) is 18.0. The zero-order valence-electron chi connectivity index (χ0n) is 17.2. The number of ketones is 1. The molecule has 6 heteroatoms. The number of nitrogens with one attached hydrogen (secondary N) is 2. The standard InChI is InChI=1S/C23H26N2O3S/c1-14-5-7-16(8-6-14)13-24-29(27,28)21-10-18-17(9-15(21)2)22-19(25-18)11-23(3,4)12-20(22)26/h5-10,24-25H,11-13H2,1-4H3. The van der Waals surface area contributed by atoms with Crippen LogP contribution >= 0.6 is 0 Å². The van der Waals surface area contributed by atoms with Crippen molar-refractivity contribution in [3.63, 3.8) is 0 Å². The smallest absolute Gasteiger partial charge is 0.241 e. The lowest BCUT2D eigenvalue weighted by atomic mass is 9.76. The van der Waals surface area contributed by atoms with Gasteiger partial charge < -0.3 is 4.98 Å². The molecule has 0 atom stereocenters. The van der Waals surface area contributed by atoms with Gasteiger partial charge in [-0.1, -0.05) is 43.7 Å². The van der Waals surface area contributed by atoms with Crippen LogP contribution in [0.5, 0.6) is 0 Å². The van der Waals surface area contributed by atoms with Gasteiger partial charge in [-0.15, -0.1) is 0 Å². The maximum Gasteiger partial charge on any atom is 0.241 e. The number of hydrogen-bond acceptors (Lipinski definition) is 3. The van der Waals surface area contributed by atoms with Crippen molar-refractivity contribution in [3.05, 3.63) is 64.3 Å². The molecule has 0 fully saturated rings. The van der Waals surface area contributed by atoms with Crippen LogP contribution < -0.4 is 4.72 Å². The Morgan fingerprint density at radius 3 is 2.45 bits per heavy atom. The molecule has 4 rings (SSSR count). The average Bonchev–Trinajstić information content (AvgIpc) is 2.96. The SMILES string of the molecule is Cc1ccc(CNS(=O)(=O)c2cc3[nH]c4c(c3cc2C)C(=O)CC(C)(C)C4)cc1. The van der Waals surface area contributed by atoms with Crippen LogP contribution in [0, 0.1) is 19.3 Å². The Hall–Kier alpha value is -2.44. The highest BCUT2D eigenvalue weighted by Gasteiger charge is 2.34. The van der Waals surface area contributed by atoms with Crippen LogP contribution in [0.15, 0.2) is 41.3 Å². The number of benzene rings is 2. The summed E-state index contributed by atoms with van der Waals surface area (Å²) in [5, 5.41) is 0.815. The van der Waals surface area contributed by atoms with E-state index in [-0.39, 0.29) is 22.6 Å². The van der Waals surface area contributed by atoms with Crippen molar-refractivity contribution in [2.24, 2.45) is 5.41 Å². The highest BCUT2D eigenvalue weighted by atomic mass is 32.2. The molecular weight excluding hydrogens is 384 g/mol. The summed E-state index contributed by atoms with van der Waals surface area (Å²) in [7, 11) is -3.68. The molecule has 0 saturated carbocycles. The number of fused-ring (bicyclic) bond motifs is 3. The molecule has 152 valence electrons. The fraction of sp³-hybridized carbons (Fsp3) is 0.348. The van der Waals surface area contributed by atoms with Crippen LogP contribution in [0.2, 0.25) is 0 Å². The Morgan fingerprint density at radius 1 is 1.07 bits per heavy atom. The number of aromatic amines is 1. The molecule has 3 aromatic rings. The van der Waals surface area contributed by atoms with E-state index < -0.39 is 10.0 Å². The van der Waals surface area contributed by atoms with E-state index in [2.05, 4.69) is 23.6 Å². The molecule has 1 aromatic heterocycles. The first-order valence-corrected chi connectivity index (χ1v) is 11.3. The van der Waals surface area contributed by atoms with Crippen LogP contribution in [0.25, 0.3) is 10.9 Å². The normalized spacial score (nSPS) is 16.2. The number of aryl methyl sites for hydroxylation is 2. The van der Waals surface area contributed by atoms with E-state index in [1.54, 1.807) is 13.0 Å². The molecule has 0 amide bonds. The summed E-state index contributed by atoms with van der Waals surface area (Å²) in [6, 6.07) is 11.2. The fourth-order valence-corrected chi connectivity index (χ4v) is 5.42. The maximum absolute atomic E-state index is 13.0. The molecule has 5 nitrogen and oxygen atoms in total. The van der Waals surface area contributed by atoms with Crippen molar-refractivity contribution in [1.29, 1.82) is 0 Å². The highest BCUT2D eigenvalue weighted by molar-refractivity contribution is 7.89. The van der Waals surface area contributed by atoms with Crippen molar-refractivity contribution in [3.8, 4) is 0 Å². The van der Waals surface area contributed by atoms with Gasteiger partial charge in [0.2, 0.25) is 10.0 Å². The Labute approximate surface area is 171 Å². The molecule has 0 unspecified atom stereocenters. The molecule has 0 bridgehead atoms. The largest absolute Gasteiger partial charge is 0.358 e. The molecule has 0 radical (unpaired) electrons. The lowest BCUT2D eigenvalue weighted by Gasteiger charge is -2.28. The van der Waals surface area contributed by atoms with Gasteiger partial charge in [0.25, 0.3) is 0 Å². The van der Waals surface area contributed by atoms with Crippen molar-refractivity contribution >= 4 is 26.7 Å². The van der Waals surface area contributed by atoms with Gasteiger partial charge in [-0.05, 0) is 48.9 Å². The topological polar surface area (TPSA) is 79.0 Å². The van der Waals surface area contributed by atoms with Gasteiger partial charge >= 0.3 is 0 Å². The number of carbonyl (C=O) groups is 1. The van der Waals surface area contributed by atoms with Crippen LogP contribution in [-0.2, 0) is 23.0 Å². The Kier molecular flexibility index (Phi) is 4.67. The summed E-state index contributed by atoms with van der Waals surface area (Å²) >= 11 is 0. The quantitative estimate of drug-likeness (QED) is 0.668. The molecule has 0 aliphatic heterocycles. The number of sulfonamides is 1. The molecule has 2 aromatic carbocycles. The highest BCUT2D eigenvalue weighted by Crippen LogP contribution is 2.38. The van der Waals surface area contributed by atoms with Gasteiger partial charge in [0.05, 0.1) is 4.90 Å². The van der Waals surface area contributed by atoms with Gasteiger partial charge in [0, 0.05) is 35.1 Å². The molecule has 1 heterocycles. The van der Waals surface area contributed by atoms with Crippen molar-refractivity contribution in [2.75, 3.05) is 0 Å². The molecule has 1 aliphatic rings. The number of aromatic nitrogens is 1. The van der Waals surface area contributed by atoms with Gasteiger partial charge in [-0.25, -0.2) is 13.1 Å². The third kappa shape index (κ3) is 3.74. The van der Waals surface area contributed by atoms with Crippen molar-refractivity contribution < 1.29 is 13.2 Å². The minimum absolute atomic E-state index is 0.0928. The van der Waals surface area contributed by atoms with E-state index in [0.29, 0.717) is 17.5 Å². The van der Waals surface area contributed by atoms with E-state index in [1.807, 2.05) is 37.3 Å². The second kappa shape index (κ2) is 6.82. The minimum Gasteiger partial charge on any atom is -0.358 e. The molecular formula is C23H26N2O3S. The van der Waals surface area contributed by atoms with E-state index >= 15 is 0 Å². The van der Waals surface area contributed by atoms with Gasteiger partial charge in [-0.2, -0.15) is 0 Å². The molecule has 29 heavy (non-hydrogen) atoms. The maximum atomic E-state index is 13.0. The van der Waals surface area contributed by atoms with Gasteiger partial charge in [0.1, 0.15) is 0 Å². The number of rotatable bonds is 4.